The number of rotatable bonds is 5. The van der Waals surface area contributed by atoms with Crippen LogP contribution in [0.5, 0.6) is 0 Å². The van der Waals surface area contributed by atoms with Gasteiger partial charge in [0.25, 0.3) is 0 Å². The number of pyridine rings is 2. The number of hydrogen-bond acceptors (Lipinski definition) is 4. The Bertz CT molecular complexity index is 1600. The van der Waals surface area contributed by atoms with E-state index in [0.29, 0.717) is 11.4 Å². The molecule has 0 aliphatic rings. The number of nitriles is 1. The van der Waals surface area contributed by atoms with E-state index in [4.69, 9.17) is 0 Å². The minimum Gasteiger partial charge on any atom is -0.344 e. The third-order valence-electron chi connectivity index (χ3n) is 6.13. The molecule has 0 saturated carbocycles. The molecule has 1 atom stereocenters. The van der Waals surface area contributed by atoms with E-state index in [1.165, 1.54) is 0 Å². The van der Waals surface area contributed by atoms with Crippen molar-refractivity contribution < 1.29 is 0 Å². The van der Waals surface area contributed by atoms with Crippen molar-refractivity contribution in [3.63, 3.8) is 0 Å². The standard InChI is InChI=1S/C27H24N6O/c1-4-18(14-28)19-5-7-23(8-6-19)33-25(16-32(3)27(33)34)24-13-20(9-10-29-24)22-12-21-11-17(2)31-26(21)30-15-22/h5-13,15-16,18H,4H2,1-3H3,(H,30,31). The zero-order chi connectivity index (χ0) is 23.8. The van der Waals surface area contributed by atoms with E-state index in [0.717, 1.165) is 45.5 Å². The number of nitrogens with one attached hydrogen (secondary N) is 1. The Morgan fingerprint density at radius 2 is 1.88 bits per heavy atom. The third kappa shape index (κ3) is 3.69. The summed E-state index contributed by atoms with van der Waals surface area (Å²) in [7, 11) is 1.73. The van der Waals surface area contributed by atoms with Crippen molar-refractivity contribution in [1.29, 1.82) is 5.26 Å². The van der Waals surface area contributed by atoms with Crippen LogP contribution in [0.1, 0.15) is 30.5 Å². The highest BCUT2D eigenvalue weighted by Crippen LogP contribution is 2.28. The highest BCUT2D eigenvalue weighted by molar-refractivity contribution is 5.82. The highest BCUT2D eigenvalue weighted by Gasteiger charge is 2.16. The van der Waals surface area contributed by atoms with Gasteiger partial charge in [-0.2, -0.15) is 5.26 Å². The molecule has 5 aromatic rings. The Morgan fingerprint density at radius 1 is 1.09 bits per heavy atom. The van der Waals surface area contributed by atoms with Crippen molar-refractivity contribution in [2.45, 2.75) is 26.2 Å². The fourth-order valence-corrected chi connectivity index (χ4v) is 4.30. The van der Waals surface area contributed by atoms with Crippen LogP contribution in [0, 0.1) is 18.3 Å². The van der Waals surface area contributed by atoms with Crippen LogP contribution in [0.2, 0.25) is 0 Å². The second kappa shape index (κ2) is 8.49. The lowest BCUT2D eigenvalue weighted by molar-refractivity contribution is 0.812. The maximum absolute atomic E-state index is 13.0. The smallest absolute Gasteiger partial charge is 0.333 e. The second-order valence-electron chi connectivity index (χ2n) is 8.47. The summed E-state index contributed by atoms with van der Waals surface area (Å²) in [6.45, 7) is 4.00. The van der Waals surface area contributed by atoms with E-state index in [-0.39, 0.29) is 11.6 Å². The third-order valence-corrected chi connectivity index (χ3v) is 6.13. The fourth-order valence-electron chi connectivity index (χ4n) is 4.30. The van der Waals surface area contributed by atoms with Crippen molar-refractivity contribution in [1.82, 2.24) is 24.1 Å². The molecule has 5 rings (SSSR count). The topological polar surface area (TPSA) is 92.3 Å². The average Bonchev–Trinajstić information content (AvgIpc) is 3.38. The molecule has 4 heterocycles. The van der Waals surface area contributed by atoms with Gasteiger partial charge < -0.3 is 9.55 Å². The van der Waals surface area contributed by atoms with Crippen LogP contribution >= 0.6 is 0 Å². The molecule has 7 heteroatoms. The molecule has 1 N–H and O–H groups in total. The lowest BCUT2D eigenvalue weighted by Crippen LogP contribution is -2.21. The number of imidazole rings is 1. The molecule has 0 saturated heterocycles. The summed E-state index contributed by atoms with van der Waals surface area (Å²) in [5.41, 5.74) is 6.77. The monoisotopic (exact) mass is 448 g/mol. The maximum atomic E-state index is 13.0. The molecule has 0 radical (unpaired) electrons. The van der Waals surface area contributed by atoms with Crippen molar-refractivity contribution in [2.24, 2.45) is 7.05 Å². The number of aromatic nitrogens is 5. The Hall–Kier alpha value is -4.44. The van der Waals surface area contributed by atoms with Gasteiger partial charge in [0.2, 0.25) is 0 Å². The van der Waals surface area contributed by atoms with E-state index < -0.39 is 0 Å². The first kappa shape index (κ1) is 21.4. The predicted molar refractivity (Wildman–Crippen MR) is 133 cm³/mol. The van der Waals surface area contributed by atoms with E-state index in [1.807, 2.05) is 56.4 Å². The van der Waals surface area contributed by atoms with Gasteiger partial charge in [0.15, 0.2) is 0 Å². The van der Waals surface area contributed by atoms with Crippen LogP contribution in [-0.4, -0.2) is 24.1 Å². The van der Waals surface area contributed by atoms with E-state index >= 15 is 0 Å². The van der Waals surface area contributed by atoms with Gasteiger partial charge in [0, 0.05) is 42.3 Å². The van der Waals surface area contributed by atoms with Crippen LogP contribution in [0.15, 0.2) is 71.9 Å². The van der Waals surface area contributed by atoms with E-state index in [1.54, 1.807) is 28.6 Å². The summed E-state index contributed by atoms with van der Waals surface area (Å²) in [4.78, 5) is 25.4. The lowest BCUT2D eigenvalue weighted by Gasteiger charge is -2.11. The zero-order valence-corrected chi connectivity index (χ0v) is 19.3. The van der Waals surface area contributed by atoms with Gasteiger partial charge in [-0.3, -0.25) is 9.55 Å². The molecule has 0 spiro atoms. The van der Waals surface area contributed by atoms with Crippen LogP contribution in [0.4, 0.5) is 0 Å². The summed E-state index contributed by atoms with van der Waals surface area (Å²) in [6.07, 6.45) is 6.13. The minimum absolute atomic E-state index is 0.158. The molecule has 1 unspecified atom stereocenters. The fraction of sp³-hybridized carbons (Fsp3) is 0.185. The van der Waals surface area contributed by atoms with Crippen LogP contribution in [0.3, 0.4) is 0 Å². The quantitative estimate of drug-likeness (QED) is 0.404. The molecule has 168 valence electrons. The normalized spacial score (nSPS) is 12.1. The van der Waals surface area contributed by atoms with Crippen molar-refractivity contribution in [3.05, 3.63) is 88.9 Å². The SMILES string of the molecule is CCC(C#N)c1ccc(-n2c(-c3cc(-c4cnc5[nH]c(C)cc5c4)ccn3)cn(C)c2=O)cc1. The molecule has 34 heavy (non-hydrogen) atoms. The summed E-state index contributed by atoms with van der Waals surface area (Å²) in [6, 6.07) is 18.0. The molecule has 4 aromatic heterocycles. The van der Waals surface area contributed by atoms with E-state index in [2.05, 4.69) is 33.2 Å². The zero-order valence-electron chi connectivity index (χ0n) is 19.3. The number of hydrogen-bond donors (Lipinski definition) is 1. The van der Waals surface area contributed by atoms with Crippen LogP contribution < -0.4 is 5.69 Å². The molecule has 0 bridgehead atoms. The molecule has 0 amide bonds. The van der Waals surface area contributed by atoms with Crippen molar-refractivity contribution >= 4 is 11.0 Å². The van der Waals surface area contributed by atoms with Crippen molar-refractivity contribution in [2.75, 3.05) is 0 Å². The minimum atomic E-state index is -0.159. The number of fused-ring (bicyclic) bond motifs is 1. The first-order valence-electron chi connectivity index (χ1n) is 11.2. The Morgan fingerprint density at radius 3 is 2.62 bits per heavy atom. The molecular formula is C27H24N6O. The molecule has 0 aliphatic carbocycles. The molecular weight excluding hydrogens is 424 g/mol. The lowest BCUT2D eigenvalue weighted by atomic mass is 9.98. The first-order valence-corrected chi connectivity index (χ1v) is 11.2. The van der Waals surface area contributed by atoms with Crippen LogP contribution in [0.25, 0.3) is 39.2 Å². The maximum Gasteiger partial charge on any atom is 0.333 e. The Kier molecular flexibility index (Phi) is 5.34. The van der Waals surface area contributed by atoms with Gasteiger partial charge >= 0.3 is 5.69 Å². The molecule has 7 nitrogen and oxygen atoms in total. The van der Waals surface area contributed by atoms with Gasteiger partial charge in [-0.15, -0.1) is 0 Å². The number of H-pyrrole nitrogens is 1. The second-order valence-corrected chi connectivity index (χ2v) is 8.47. The van der Waals surface area contributed by atoms with Crippen LogP contribution in [-0.2, 0) is 7.05 Å². The largest absolute Gasteiger partial charge is 0.344 e. The summed E-state index contributed by atoms with van der Waals surface area (Å²) < 4.78 is 3.21. The Balaban J connectivity index is 1.58. The molecule has 1 aromatic carbocycles. The van der Waals surface area contributed by atoms with E-state index in [9.17, 15) is 10.1 Å². The number of nitrogens with zero attached hydrogens (tertiary/aromatic N) is 5. The summed E-state index contributed by atoms with van der Waals surface area (Å²) >= 11 is 0. The van der Waals surface area contributed by atoms with Gasteiger partial charge in [-0.05, 0) is 60.9 Å². The number of aryl methyl sites for hydroxylation is 2. The van der Waals surface area contributed by atoms with Gasteiger partial charge in [0.05, 0.1) is 29.1 Å². The molecule has 0 fully saturated rings. The van der Waals surface area contributed by atoms with Gasteiger partial charge in [0.1, 0.15) is 5.65 Å². The predicted octanol–water partition coefficient (Wildman–Crippen LogP) is 5.11. The van der Waals surface area contributed by atoms with Gasteiger partial charge in [-0.1, -0.05) is 19.1 Å². The summed E-state index contributed by atoms with van der Waals surface area (Å²) in [5, 5.41) is 10.4. The first-order chi connectivity index (χ1) is 16.5. The Labute approximate surface area is 197 Å². The number of benzene rings is 1. The number of aromatic amines is 1. The molecule has 0 aliphatic heterocycles. The van der Waals surface area contributed by atoms with Gasteiger partial charge in [-0.25, -0.2) is 9.78 Å². The van der Waals surface area contributed by atoms with Crippen molar-refractivity contribution in [3.8, 4) is 34.3 Å². The average molecular weight is 449 g/mol. The summed E-state index contributed by atoms with van der Waals surface area (Å²) in [5.74, 6) is -0.158. The highest BCUT2D eigenvalue weighted by atomic mass is 16.1.